The van der Waals surface area contributed by atoms with Crippen LogP contribution >= 0.6 is 0 Å². The van der Waals surface area contributed by atoms with Gasteiger partial charge in [-0.2, -0.15) is 0 Å². The van der Waals surface area contributed by atoms with Crippen molar-refractivity contribution in [3.63, 3.8) is 0 Å². The number of hydrogen-bond acceptors (Lipinski definition) is 1. The van der Waals surface area contributed by atoms with Gasteiger partial charge < -0.3 is 5.32 Å². The fourth-order valence-electron chi connectivity index (χ4n) is 3.07. The van der Waals surface area contributed by atoms with Gasteiger partial charge in [0.05, 0.1) is 0 Å². The van der Waals surface area contributed by atoms with Gasteiger partial charge in [0.1, 0.15) is 0 Å². The maximum atomic E-state index is 13.0. The summed E-state index contributed by atoms with van der Waals surface area (Å²) >= 11 is 0. The van der Waals surface area contributed by atoms with E-state index in [2.05, 4.69) is 5.32 Å². The van der Waals surface area contributed by atoms with Crippen molar-refractivity contribution in [2.24, 2.45) is 5.41 Å². The molecule has 1 aliphatic carbocycles. The van der Waals surface area contributed by atoms with E-state index in [4.69, 9.17) is 0 Å². The van der Waals surface area contributed by atoms with E-state index in [9.17, 15) is 8.78 Å². The molecule has 3 heteroatoms. The van der Waals surface area contributed by atoms with Gasteiger partial charge in [0, 0.05) is 23.9 Å². The van der Waals surface area contributed by atoms with Crippen LogP contribution < -0.4 is 5.32 Å². The summed E-state index contributed by atoms with van der Waals surface area (Å²) < 4.78 is 26.0. The number of rotatable bonds is 0. The lowest BCUT2D eigenvalue weighted by atomic mass is 9.89. The first-order valence-electron chi connectivity index (χ1n) is 4.75. The molecule has 3 fully saturated rings. The Morgan fingerprint density at radius 3 is 2.00 bits per heavy atom. The lowest BCUT2D eigenvalue weighted by Gasteiger charge is -2.29. The molecule has 0 aromatic rings. The molecule has 2 bridgehead atoms. The molecular formula is C9H13F2N. The normalized spacial score (nSPS) is 54.5. The summed E-state index contributed by atoms with van der Waals surface area (Å²) in [5.74, 6) is -2.32. The van der Waals surface area contributed by atoms with Crippen molar-refractivity contribution in [1.29, 1.82) is 0 Å². The summed E-state index contributed by atoms with van der Waals surface area (Å²) in [6, 6.07) is 0.800. The van der Waals surface area contributed by atoms with Crippen LogP contribution in [0.15, 0.2) is 0 Å². The molecule has 2 heterocycles. The van der Waals surface area contributed by atoms with E-state index >= 15 is 0 Å². The maximum absolute atomic E-state index is 13.0. The van der Waals surface area contributed by atoms with Gasteiger partial charge in [0.25, 0.3) is 5.92 Å². The van der Waals surface area contributed by atoms with Gasteiger partial charge in [0.15, 0.2) is 0 Å². The highest BCUT2D eigenvalue weighted by molar-refractivity contribution is 5.16. The van der Waals surface area contributed by atoms with Gasteiger partial charge in [-0.05, 0) is 25.7 Å². The largest absolute Gasteiger partial charge is 0.311 e. The zero-order chi connectivity index (χ0) is 8.40. The number of alkyl halides is 2. The van der Waals surface area contributed by atoms with Gasteiger partial charge in [-0.3, -0.25) is 0 Å². The molecule has 12 heavy (non-hydrogen) atoms. The van der Waals surface area contributed by atoms with Crippen molar-refractivity contribution in [2.75, 3.05) is 0 Å². The Morgan fingerprint density at radius 1 is 1.08 bits per heavy atom. The van der Waals surface area contributed by atoms with E-state index < -0.39 is 11.3 Å². The highest BCUT2D eigenvalue weighted by atomic mass is 19.3. The summed E-state index contributed by atoms with van der Waals surface area (Å²) in [5.41, 5.74) is -0.565. The lowest BCUT2D eigenvalue weighted by molar-refractivity contribution is 0.0422. The van der Waals surface area contributed by atoms with Gasteiger partial charge in [0.2, 0.25) is 0 Å². The number of nitrogens with one attached hydrogen (secondary N) is 1. The predicted molar refractivity (Wildman–Crippen MR) is 41.2 cm³/mol. The Kier molecular flexibility index (Phi) is 1.11. The Balaban J connectivity index is 1.84. The molecule has 0 aromatic heterocycles. The molecular weight excluding hydrogens is 160 g/mol. The average molecular weight is 173 g/mol. The highest BCUT2D eigenvalue weighted by Gasteiger charge is 2.72. The van der Waals surface area contributed by atoms with Crippen molar-refractivity contribution in [3.05, 3.63) is 0 Å². The molecule has 0 radical (unpaired) electrons. The molecule has 68 valence electrons. The predicted octanol–water partition coefficient (Wildman–Crippen LogP) is 1.93. The zero-order valence-corrected chi connectivity index (χ0v) is 6.95. The van der Waals surface area contributed by atoms with Crippen molar-refractivity contribution >= 4 is 0 Å². The molecule has 1 saturated carbocycles. The number of halogens is 2. The highest BCUT2D eigenvalue weighted by Crippen LogP contribution is 2.67. The van der Waals surface area contributed by atoms with Crippen LogP contribution in [0, 0.1) is 5.41 Å². The van der Waals surface area contributed by atoms with Crippen LogP contribution in [-0.4, -0.2) is 18.0 Å². The van der Waals surface area contributed by atoms with E-state index in [0.717, 1.165) is 25.7 Å². The Morgan fingerprint density at radius 2 is 1.58 bits per heavy atom. The number of fused-ring (bicyclic) bond motifs is 2. The molecule has 1 unspecified atom stereocenters. The fraction of sp³-hybridized carbons (Fsp3) is 1.00. The topological polar surface area (TPSA) is 12.0 Å². The minimum atomic E-state index is -2.32. The summed E-state index contributed by atoms with van der Waals surface area (Å²) in [6.07, 6.45) is 3.83. The molecule has 3 atom stereocenters. The van der Waals surface area contributed by atoms with Crippen molar-refractivity contribution in [3.8, 4) is 0 Å². The SMILES string of the molecule is FC1(F)CC12C[C@H]1CC[C@@H](C2)N1. The van der Waals surface area contributed by atoms with Crippen LogP contribution in [-0.2, 0) is 0 Å². The third-order valence-corrected chi connectivity index (χ3v) is 3.82. The zero-order valence-electron chi connectivity index (χ0n) is 6.95. The van der Waals surface area contributed by atoms with Gasteiger partial charge in [-0.25, -0.2) is 8.78 Å². The Bertz CT molecular complexity index is 215. The van der Waals surface area contributed by atoms with Crippen LogP contribution in [0.1, 0.15) is 32.1 Å². The summed E-state index contributed by atoms with van der Waals surface area (Å²) in [6.45, 7) is 0. The third kappa shape index (κ3) is 0.754. The molecule has 2 aliphatic heterocycles. The van der Waals surface area contributed by atoms with E-state index in [1.807, 2.05) is 0 Å². The third-order valence-electron chi connectivity index (χ3n) is 3.82. The van der Waals surface area contributed by atoms with E-state index in [1.54, 1.807) is 0 Å². The van der Waals surface area contributed by atoms with Crippen LogP contribution in [0.25, 0.3) is 0 Å². The number of piperidine rings is 1. The van der Waals surface area contributed by atoms with Crippen molar-refractivity contribution in [1.82, 2.24) is 5.32 Å². The Hall–Kier alpha value is -0.180. The van der Waals surface area contributed by atoms with Gasteiger partial charge >= 0.3 is 0 Å². The van der Waals surface area contributed by atoms with Gasteiger partial charge in [-0.1, -0.05) is 0 Å². The molecule has 1 spiro atoms. The smallest absolute Gasteiger partial charge is 0.254 e. The molecule has 1 nitrogen and oxygen atoms in total. The van der Waals surface area contributed by atoms with E-state index in [-0.39, 0.29) is 6.42 Å². The quantitative estimate of drug-likeness (QED) is 0.590. The second-order valence-electron chi connectivity index (χ2n) is 4.71. The Labute approximate surface area is 70.5 Å². The first-order chi connectivity index (χ1) is 5.61. The lowest BCUT2D eigenvalue weighted by Crippen LogP contribution is -2.40. The maximum Gasteiger partial charge on any atom is 0.254 e. The standard InChI is InChI=1S/C9H13F2N/c10-9(11)5-8(9)3-6-1-2-7(4-8)12-6/h6-7,12H,1-5H2/t6-,7+,8?. The first kappa shape index (κ1) is 7.25. The summed E-state index contributed by atoms with van der Waals surface area (Å²) in [5, 5.41) is 3.39. The fourth-order valence-corrected chi connectivity index (χ4v) is 3.07. The van der Waals surface area contributed by atoms with Crippen LogP contribution in [0.3, 0.4) is 0 Å². The van der Waals surface area contributed by atoms with Crippen molar-refractivity contribution < 1.29 is 8.78 Å². The van der Waals surface area contributed by atoms with Crippen LogP contribution in [0.4, 0.5) is 8.78 Å². The second-order valence-corrected chi connectivity index (χ2v) is 4.71. The van der Waals surface area contributed by atoms with E-state index in [1.165, 1.54) is 0 Å². The molecule has 2 saturated heterocycles. The monoisotopic (exact) mass is 173 g/mol. The minimum absolute atomic E-state index is 0.161. The minimum Gasteiger partial charge on any atom is -0.311 e. The molecule has 3 aliphatic rings. The van der Waals surface area contributed by atoms with Gasteiger partial charge in [-0.15, -0.1) is 0 Å². The second kappa shape index (κ2) is 1.84. The molecule has 3 rings (SSSR count). The first-order valence-corrected chi connectivity index (χ1v) is 4.75. The molecule has 1 N–H and O–H groups in total. The summed E-state index contributed by atoms with van der Waals surface area (Å²) in [4.78, 5) is 0. The van der Waals surface area contributed by atoms with E-state index in [0.29, 0.717) is 12.1 Å². The molecule has 0 amide bonds. The molecule has 0 aromatic carbocycles. The number of hydrogen-bond donors (Lipinski definition) is 1. The van der Waals surface area contributed by atoms with Crippen LogP contribution in [0.5, 0.6) is 0 Å². The average Bonchev–Trinajstić information content (AvgIpc) is 2.35. The summed E-state index contributed by atoms with van der Waals surface area (Å²) in [7, 11) is 0. The van der Waals surface area contributed by atoms with Crippen LogP contribution in [0.2, 0.25) is 0 Å². The van der Waals surface area contributed by atoms with Crippen molar-refractivity contribution in [2.45, 2.75) is 50.1 Å².